The van der Waals surface area contributed by atoms with Gasteiger partial charge in [-0.1, -0.05) is 58.1 Å². The lowest BCUT2D eigenvalue weighted by atomic mass is 9.73. The van der Waals surface area contributed by atoms with Crippen LogP contribution in [0.2, 0.25) is 0 Å². The van der Waals surface area contributed by atoms with Crippen LogP contribution in [0.3, 0.4) is 0 Å². The Bertz CT molecular complexity index is 344. The summed E-state index contributed by atoms with van der Waals surface area (Å²) in [4.78, 5) is 0. The van der Waals surface area contributed by atoms with E-state index in [9.17, 15) is 5.11 Å². The Morgan fingerprint density at radius 2 is 1.65 bits per heavy atom. The lowest BCUT2D eigenvalue weighted by Crippen LogP contribution is -2.23. The molecule has 0 bridgehead atoms. The van der Waals surface area contributed by atoms with Gasteiger partial charge in [0.25, 0.3) is 0 Å². The highest BCUT2D eigenvalue weighted by molar-refractivity contribution is 5.30. The molecule has 1 aliphatic carbocycles. The summed E-state index contributed by atoms with van der Waals surface area (Å²) in [6, 6.07) is 7.40. The largest absolute Gasteiger partial charge is 0.290 e. The third-order valence-electron chi connectivity index (χ3n) is 4.16. The Morgan fingerprint density at radius 3 is 2.24 bits per heavy atom. The lowest BCUT2D eigenvalue weighted by molar-refractivity contribution is 0.279. The fourth-order valence-corrected chi connectivity index (χ4v) is 3.14. The second-order valence-corrected chi connectivity index (χ2v) is 6.12. The van der Waals surface area contributed by atoms with E-state index >= 15 is 0 Å². The summed E-state index contributed by atoms with van der Waals surface area (Å²) in [7, 11) is 0. The summed E-state index contributed by atoms with van der Waals surface area (Å²) in [5.74, 6) is 0.993. The predicted molar refractivity (Wildman–Crippen MR) is 70.8 cm³/mol. The van der Waals surface area contributed by atoms with E-state index in [2.05, 4.69) is 13.8 Å². The van der Waals surface area contributed by atoms with Crippen LogP contribution in [-0.2, 0) is 10.5 Å². The number of rotatable bonds is 3. The van der Waals surface area contributed by atoms with Gasteiger partial charge >= 0.3 is 0 Å². The topological polar surface area (TPSA) is 19.9 Å². The first-order valence-electron chi connectivity index (χ1n) is 6.85. The van der Waals surface area contributed by atoms with Crippen LogP contribution in [0.1, 0.15) is 57.9 Å². The monoisotopic (exact) mass is 231 g/mol. The summed E-state index contributed by atoms with van der Waals surface area (Å²) in [5, 5.41) is 11.1. The van der Waals surface area contributed by atoms with E-state index in [1.165, 1.54) is 44.1 Å². The molecule has 1 fully saturated rings. The molecule has 0 amide bonds. The lowest BCUT2D eigenvalue weighted by Gasteiger charge is -2.32. The second-order valence-electron chi connectivity index (χ2n) is 6.12. The average molecular weight is 231 g/mol. The predicted octanol–water partition coefficient (Wildman–Crippen LogP) is 5.08. The Kier molecular flexibility index (Phi) is 3.76. The molecular weight excluding hydrogens is 208 g/mol. The van der Waals surface area contributed by atoms with Crippen LogP contribution in [0.4, 0.5) is 0 Å². The average Bonchev–Trinajstić information content (AvgIpc) is 2.30. The number of benzene rings is 1. The van der Waals surface area contributed by atoms with E-state index in [1.807, 2.05) is 12.1 Å². The molecule has 17 heavy (non-hydrogen) atoms. The molecule has 1 aromatic carbocycles. The smallest absolute Gasteiger partial charge is 0.178 e. The molecule has 0 saturated heterocycles. The van der Waals surface area contributed by atoms with Crippen molar-refractivity contribution in [2.24, 2.45) is 5.92 Å². The van der Waals surface area contributed by atoms with E-state index in [1.54, 1.807) is 12.1 Å². The van der Waals surface area contributed by atoms with Crippen LogP contribution < -0.4 is 0 Å². The molecule has 0 spiro atoms. The van der Waals surface area contributed by atoms with Crippen LogP contribution in [0, 0.1) is 5.92 Å². The second kappa shape index (κ2) is 5.12. The highest BCUT2D eigenvalue weighted by Crippen LogP contribution is 2.37. The van der Waals surface area contributed by atoms with Gasteiger partial charge in [0.15, 0.2) is 5.75 Å². The molecule has 0 atom stereocenters. The normalized spacial score (nSPS) is 18.2. The molecule has 1 aromatic rings. The Labute approximate surface area is 105 Å². The first kappa shape index (κ1) is 12.5. The highest BCUT2D eigenvalue weighted by Gasteiger charge is 2.26. The highest BCUT2D eigenvalue weighted by atomic mass is 16.3. The van der Waals surface area contributed by atoms with Crippen molar-refractivity contribution < 1.29 is 5.11 Å². The van der Waals surface area contributed by atoms with Gasteiger partial charge in [-0.25, -0.2) is 0 Å². The van der Waals surface area contributed by atoms with Crippen LogP contribution in [0.15, 0.2) is 24.3 Å². The van der Waals surface area contributed by atoms with E-state index < -0.39 is 0 Å². The van der Waals surface area contributed by atoms with Crippen molar-refractivity contribution in [2.45, 2.75) is 57.8 Å². The molecule has 1 radical (unpaired) electrons. The number of hydrogen-bond donors (Lipinski definition) is 0. The van der Waals surface area contributed by atoms with Gasteiger partial charge in [-0.3, -0.25) is 5.11 Å². The maximum atomic E-state index is 11.1. The number of hydrogen-bond acceptors (Lipinski definition) is 0. The van der Waals surface area contributed by atoms with Crippen molar-refractivity contribution in [1.29, 1.82) is 0 Å². The van der Waals surface area contributed by atoms with Gasteiger partial charge in [0.2, 0.25) is 0 Å². The minimum absolute atomic E-state index is 0.113. The van der Waals surface area contributed by atoms with Gasteiger partial charge < -0.3 is 0 Å². The first-order valence-corrected chi connectivity index (χ1v) is 6.85. The van der Waals surface area contributed by atoms with Gasteiger partial charge in [-0.05, 0) is 35.4 Å². The molecular formula is C16H23O. The SMILES string of the molecule is CC(C)(CC1CCCCC1)c1ccc([O])cc1. The maximum Gasteiger partial charge on any atom is 0.178 e. The Morgan fingerprint density at radius 1 is 1.06 bits per heavy atom. The Balaban J connectivity index is 2.04. The summed E-state index contributed by atoms with van der Waals surface area (Å²) >= 11 is 0. The maximum absolute atomic E-state index is 11.1. The fraction of sp³-hybridized carbons (Fsp3) is 0.625. The van der Waals surface area contributed by atoms with Gasteiger partial charge in [-0.2, -0.15) is 0 Å². The van der Waals surface area contributed by atoms with Crippen molar-refractivity contribution in [1.82, 2.24) is 0 Å². The zero-order valence-electron chi connectivity index (χ0n) is 11.0. The standard InChI is InChI=1S/C16H23O/c1-16(2,12-13-6-4-3-5-7-13)14-8-10-15(17)11-9-14/h8-11,13H,3-7,12H2,1-2H3. The van der Waals surface area contributed by atoms with Gasteiger partial charge in [0, 0.05) is 0 Å². The summed E-state index contributed by atoms with van der Waals surface area (Å²) in [6.07, 6.45) is 8.26. The van der Waals surface area contributed by atoms with Crippen molar-refractivity contribution in [2.75, 3.05) is 0 Å². The van der Waals surface area contributed by atoms with E-state index in [-0.39, 0.29) is 11.2 Å². The third-order valence-corrected chi connectivity index (χ3v) is 4.16. The van der Waals surface area contributed by atoms with Crippen molar-refractivity contribution in [3.8, 4) is 5.75 Å². The molecule has 1 nitrogen and oxygen atoms in total. The van der Waals surface area contributed by atoms with Crippen LogP contribution in [0.25, 0.3) is 0 Å². The molecule has 1 heteroatoms. The Hall–Kier alpha value is -0.980. The van der Waals surface area contributed by atoms with Crippen LogP contribution >= 0.6 is 0 Å². The van der Waals surface area contributed by atoms with Crippen LogP contribution in [0.5, 0.6) is 5.75 Å². The van der Waals surface area contributed by atoms with Crippen molar-refractivity contribution in [3.63, 3.8) is 0 Å². The fourth-order valence-electron chi connectivity index (χ4n) is 3.14. The van der Waals surface area contributed by atoms with Gasteiger partial charge in [-0.15, -0.1) is 0 Å². The molecule has 2 rings (SSSR count). The molecule has 0 aromatic heterocycles. The molecule has 1 saturated carbocycles. The van der Waals surface area contributed by atoms with Gasteiger partial charge in [0.05, 0.1) is 0 Å². The van der Waals surface area contributed by atoms with Crippen LogP contribution in [-0.4, -0.2) is 0 Å². The van der Waals surface area contributed by atoms with Gasteiger partial charge in [0.1, 0.15) is 0 Å². The summed E-state index contributed by atoms with van der Waals surface area (Å²) in [6.45, 7) is 4.61. The van der Waals surface area contributed by atoms with E-state index in [4.69, 9.17) is 0 Å². The quantitative estimate of drug-likeness (QED) is 0.691. The third kappa shape index (κ3) is 3.24. The molecule has 0 aliphatic heterocycles. The minimum Gasteiger partial charge on any atom is -0.290 e. The molecule has 0 unspecified atom stereocenters. The minimum atomic E-state index is 0.113. The first-order chi connectivity index (χ1) is 8.08. The van der Waals surface area contributed by atoms with E-state index in [0.29, 0.717) is 0 Å². The van der Waals surface area contributed by atoms with Crippen molar-refractivity contribution in [3.05, 3.63) is 29.8 Å². The molecule has 1 aliphatic rings. The zero-order valence-corrected chi connectivity index (χ0v) is 11.0. The molecule has 0 heterocycles. The molecule has 93 valence electrons. The van der Waals surface area contributed by atoms with E-state index in [0.717, 1.165) is 5.92 Å². The zero-order chi connectivity index (χ0) is 12.3. The summed E-state index contributed by atoms with van der Waals surface area (Å²) < 4.78 is 0. The van der Waals surface area contributed by atoms with Crippen molar-refractivity contribution >= 4 is 0 Å². The molecule has 0 N–H and O–H groups in total. The summed E-state index contributed by atoms with van der Waals surface area (Å²) in [5.41, 5.74) is 1.51.